The molecule has 0 bridgehead atoms. The van der Waals surface area contributed by atoms with Crippen molar-refractivity contribution in [2.45, 2.75) is 32.8 Å². The summed E-state index contributed by atoms with van der Waals surface area (Å²) >= 11 is 5.95. The number of carbonyl (C=O) groups is 1. The first-order chi connectivity index (χ1) is 17.5. The number of fused-ring (bicyclic) bond motifs is 2. The third-order valence-electron chi connectivity index (χ3n) is 6.33. The van der Waals surface area contributed by atoms with Gasteiger partial charge >= 0.3 is 0 Å². The van der Waals surface area contributed by atoms with E-state index in [0.29, 0.717) is 41.2 Å². The van der Waals surface area contributed by atoms with Crippen LogP contribution in [0.2, 0.25) is 5.02 Å². The number of halogens is 1. The third kappa shape index (κ3) is 3.97. The number of carbonyl (C=O) groups excluding carboxylic acids is 1. The lowest BCUT2D eigenvalue weighted by atomic mass is 9.86. The molecule has 3 aromatic heterocycles. The number of anilines is 1. The van der Waals surface area contributed by atoms with Crippen LogP contribution in [-0.4, -0.2) is 35.5 Å². The van der Waals surface area contributed by atoms with Gasteiger partial charge in [0.15, 0.2) is 17.3 Å². The zero-order valence-corrected chi connectivity index (χ0v) is 20.4. The van der Waals surface area contributed by atoms with E-state index in [1.165, 1.54) is 0 Å². The Balaban J connectivity index is 1.30. The SMILES string of the molecule is Cc1nn(-c2ccc3nnc(C)n3n2)c2c1C(c1ccc(OCc3ccc(Cl)cc3)cc1)CC(=O)N2. The summed E-state index contributed by atoms with van der Waals surface area (Å²) in [6.45, 7) is 4.23. The van der Waals surface area contributed by atoms with Gasteiger partial charge in [-0.05, 0) is 61.4 Å². The highest BCUT2D eigenvalue weighted by molar-refractivity contribution is 6.30. The normalized spacial score (nSPS) is 15.1. The molecule has 0 radical (unpaired) electrons. The summed E-state index contributed by atoms with van der Waals surface area (Å²) in [4.78, 5) is 12.7. The van der Waals surface area contributed by atoms with E-state index in [4.69, 9.17) is 21.4 Å². The van der Waals surface area contributed by atoms with Gasteiger partial charge in [-0.15, -0.1) is 15.3 Å². The van der Waals surface area contributed by atoms with Crippen molar-refractivity contribution >= 4 is 29.0 Å². The van der Waals surface area contributed by atoms with Gasteiger partial charge in [0.2, 0.25) is 5.91 Å². The van der Waals surface area contributed by atoms with E-state index in [-0.39, 0.29) is 11.8 Å². The molecule has 1 atom stereocenters. The van der Waals surface area contributed by atoms with Crippen LogP contribution in [0, 0.1) is 13.8 Å². The van der Waals surface area contributed by atoms with Crippen LogP contribution in [0.25, 0.3) is 11.5 Å². The molecule has 6 rings (SSSR count). The predicted octanol–water partition coefficient (Wildman–Crippen LogP) is 4.63. The molecule has 1 aliphatic rings. The number of nitrogens with one attached hydrogen (secondary N) is 1. The molecular weight excluding hydrogens is 478 g/mol. The highest BCUT2D eigenvalue weighted by atomic mass is 35.5. The van der Waals surface area contributed by atoms with Gasteiger partial charge in [-0.1, -0.05) is 35.9 Å². The van der Waals surface area contributed by atoms with Crippen molar-refractivity contribution in [3.8, 4) is 11.6 Å². The maximum Gasteiger partial charge on any atom is 0.226 e. The fourth-order valence-electron chi connectivity index (χ4n) is 4.54. The van der Waals surface area contributed by atoms with Crippen molar-refractivity contribution in [1.82, 2.24) is 29.6 Å². The Bertz CT molecular complexity index is 1590. The number of ether oxygens (including phenoxy) is 1. The van der Waals surface area contributed by atoms with E-state index >= 15 is 0 Å². The summed E-state index contributed by atoms with van der Waals surface area (Å²) in [5.41, 5.74) is 4.51. The van der Waals surface area contributed by atoms with E-state index in [2.05, 4.69) is 20.6 Å². The van der Waals surface area contributed by atoms with Crippen LogP contribution in [0.3, 0.4) is 0 Å². The highest BCUT2D eigenvalue weighted by Crippen LogP contribution is 2.40. The number of rotatable bonds is 5. The van der Waals surface area contributed by atoms with Crippen molar-refractivity contribution in [2.24, 2.45) is 0 Å². The molecule has 0 saturated carbocycles. The first-order valence-corrected chi connectivity index (χ1v) is 11.9. The Morgan fingerprint density at radius 1 is 1.00 bits per heavy atom. The van der Waals surface area contributed by atoms with Gasteiger partial charge in [0.05, 0.1) is 5.69 Å². The number of aryl methyl sites for hydroxylation is 2. The lowest BCUT2D eigenvalue weighted by Gasteiger charge is -2.24. The molecule has 0 spiro atoms. The maximum absolute atomic E-state index is 12.7. The number of benzene rings is 2. The Morgan fingerprint density at radius 2 is 1.78 bits per heavy atom. The van der Waals surface area contributed by atoms with Gasteiger partial charge in [0, 0.05) is 22.9 Å². The minimum absolute atomic E-state index is 0.0710. The third-order valence-corrected chi connectivity index (χ3v) is 6.58. The number of aromatic nitrogens is 6. The molecule has 0 fully saturated rings. The van der Waals surface area contributed by atoms with E-state index in [1.807, 2.05) is 74.5 Å². The van der Waals surface area contributed by atoms with Crippen molar-refractivity contribution in [2.75, 3.05) is 5.32 Å². The van der Waals surface area contributed by atoms with Gasteiger partial charge in [0.1, 0.15) is 18.2 Å². The molecule has 1 amide bonds. The second-order valence-corrected chi connectivity index (χ2v) is 9.19. The van der Waals surface area contributed by atoms with Gasteiger partial charge in [0.25, 0.3) is 0 Å². The zero-order chi connectivity index (χ0) is 24.8. The van der Waals surface area contributed by atoms with Crippen molar-refractivity contribution in [3.63, 3.8) is 0 Å². The summed E-state index contributed by atoms with van der Waals surface area (Å²) < 4.78 is 9.26. The Morgan fingerprint density at radius 3 is 2.56 bits per heavy atom. The molecule has 1 unspecified atom stereocenters. The minimum atomic E-state index is -0.131. The number of hydrogen-bond donors (Lipinski definition) is 1. The van der Waals surface area contributed by atoms with Crippen molar-refractivity contribution < 1.29 is 9.53 Å². The maximum atomic E-state index is 12.7. The largest absolute Gasteiger partial charge is 0.489 e. The molecule has 0 saturated heterocycles. The van der Waals surface area contributed by atoms with E-state index < -0.39 is 0 Å². The molecule has 10 heteroatoms. The van der Waals surface area contributed by atoms with Gasteiger partial charge < -0.3 is 10.1 Å². The Hall–Kier alpha value is -4.24. The quantitative estimate of drug-likeness (QED) is 0.378. The molecule has 0 aliphatic carbocycles. The average Bonchev–Trinajstić information content (AvgIpc) is 3.42. The van der Waals surface area contributed by atoms with Crippen LogP contribution in [0.1, 0.15) is 40.5 Å². The highest BCUT2D eigenvalue weighted by Gasteiger charge is 2.33. The monoisotopic (exact) mass is 499 g/mol. The first-order valence-electron chi connectivity index (χ1n) is 11.5. The van der Waals surface area contributed by atoms with E-state index in [1.54, 1.807) is 9.20 Å². The molecule has 36 heavy (non-hydrogen) atoms. The van der Waals surface area contributed by atoms with E-state index in [0.717, 1.165) is 28.1 Å². The Kier molecular flexibility index (Phi) is 5.41. The van der Waals surface area contributed by atoms with Gasteiger partial charge in [-0.2, -0.15) is 14.3 Å². The summed E-state index contributed by atoms with van der Waals surface area (Å²) in [6, 6.07) is 19.1. The van der Waals surface area contributed by atoms with Crippen LogP contribution < -0.4 is 10.1 Å². The van der Waals surface area contributed by atoms with Crippen LogP contribution >= 0.6 is 11.6 Å². The summed E-state index contributed by atoms with van der Waals surface area (Å²) in [5, 5.41) is 21.2. The molecule has 2 aromatic carbocycles. The lowest BCUT2D eigenvalue weighted by molar-refractivity contribution is -0.116. The molecular formula is C26H22ClN7O2. The molecule has 180 valence electrons. The lowest BCUT2D eigenvalue weighted by Crippen LogP contribution is -2.25. The predicted molar refractivity (Wildman–Crippen MR) is 135 cm³/mol. The van der Waals surface area contributed by atoms with Gasteiger partial charge in [-0.3, -0.25) is 4.79 Å². The standard InChI is InChI=1S/C26H22ClN7O2/c1-15-25-21(18-5-9-20(10-6-18)36-14-17-3-7-19(27)8-4-17)13-24(35)28-26(25)34(31-15)23-12-11-22-30-29-16(2)33(22)32-23/h3-12,21H,13-14H2,1-2H3,(H,28,35). The average molecular weight is 500 g/mol. The van der Waals surface area contributed by atoms with Crippen LogP contribution in [0.15, 0.2) is 60.7 Å². The van der Waals surface area contributed by atoms with Crippen molar-refractivity contribution in [1.29, 1.82) is 0 Å². The summed E-state index contributed by atoms with van der Waals surface area (Å²) in [7, 11) is 0. The smallest absolute Gasteiger partial charge is 0.226 e. The van der Waals surface area contributed by atoms with Crippen LogP contribution in [0.4, 0.5) is 5.82 Å². The molecule has 9 nitrogen and oxygen atoms in total. The first kappa shape index (κ1) is 22.2. The fourth-order valence-corrected chi connectivity index (χ4v) is 4.67. The Labute approximate surface area is 211 Å². The summed E-state index contributed by atoms with van der Waals surface area (Å²) in [5.74, 6) is 2.43. The molecule has 1 N–H and O–H groups in total. The molecule has 4 heterocycles. The van der Waals surface area contributed by atoms with E-state index in [9.17, 15) is 4.79 Å². The second-order valence-electron chi connectivity index (χ2n) is 8.76. The topological polar surface area (TPSA) is 99.2 Å². The minimum Gasteiger partial charge on any atom is -0.489 e. The summed E-state index contributed by atoms with van der Waals surface area (Å²) in [6.07, 6.45) is 0.335. The number of nitrogens with zero attached hydrogens (tertiary/aromatic N) is 6. The van der Waals surface area contributed by atoms with Crippen LogP contribution in [0.5, 0.6) is 5.75 Å². The zero-order valence-electron chi connectivity index (χ0n) is 19.6. The van der Waals surface area contributed by atoms with Crippen LogP contribution in [-0.2, 0) is 11.4 Å². The number of hydrogen-bond acceptors (Lipinski definition) is 6. The van der Waals surface area contributed by atoms with Crippen molar-refractivity contribution in [3.05, 3.63) is 93.9 Å². The second kappa shape index (κ2) is 8.76. The van der Waals surface area contributed by atoms with Gasteiger partial charge in [-0.25, -0.2) is 0 Å². The molecule has 5 aromatic rings. The number of amides is 1. The molecule has 1 aliphatic heterocycles. The fraction of sp³-hybridized carbons (Fsp3) is 0.192.